The van der Waals surface area contributed by atoms with E-state index in [2.05, 4.69) is 20.4 Å². The molecule has 0 atom stereocenters. The zero-order valence-electron chi connectivity index (χ0n) is 16.1. The first kappa shape index (κ1) is 18.3. The second-order valence-electron chi connectivity index (χ2n) is 6.75. The predicted molar refractivity (Wildman–Crippen MR) is 116 cm³/mol. The van der Waals surface area contributed by atoms with Gasteiger partial charge >= 0.3 is 0 Å². The third-order valence-corrected chi connectivity index (χ3v) is 5.57. The molecule has 0 bridgehead atoms. The molecule has 0 aliphatic rings. The Morgan fingerprint density at radius 2 is 2.00 bits per heavy atom. The Morgan fingerprint density at radius 1 is 1.13 bits per heavy atom. The van der Waals surface area contributed by atoms with Crippen molar-refractivity contribution in [3.05, 3.63) is 84.0 Å². The lowest BCUT2D eigenvalue weighted by Crippen LogP contribution is -2.16. The van der Waals surface area contributed by atoms with Gasteiger partial charge in [-0.15, -0.1) is 11.3 Å². The van der Waals surface area contributed by atoms with Gasteiger partial charge in [-0.1, -0.05) is 18.2 Å². The average Bonchev–Trinajstić information content (AvgIpc) is 3.47. The predicted octanol–water partition coefficient (Wildman–Crippen LogP) is 4.76. The van der Waals surface area contributed by atoms with Crippen LogP contribution in [-0.4, -0.2) is 25.7 Å². The highest BCUT2D eigenvalue weighted by molar-refractivity contribution is 7.21. The van der Waals surface area contributed by atoms with Crippen molar-refractivity contribution < 1.29 is 9.21 Å². The molecule has 8 heteroatoms. The Labute approximate surface area is 176 Å². The normalized spacial score (nSPS) is 11.1. The third-order valence-electron chi connectivity index (χ3n) is 4.52. The minimum atomic E-state index is -0.343. The summed E-state index contributed by atoms with van der Waals surface area (Å²) in [6.45, 7) is 2.34. The molecular formula is C22H17N5O2S. The molecule has 0 unspecified atom stereocenters. The Bertz CT molecular complexity index is 1300. The Kier molecular flexibility index (Phi) is 4.61. The van der Waals surface area contributed by atoms with Crippen molar-refractivity contribution in [2.75, 3.05) is 5.32 Å². The van der Waals surface area contributed by atoms with E-state index in [1.54, 1.807) is 23.0 Å². The molecule has 30 heavy (non-hydrogen) atoms. The topological polar surface area (TPSA) is 85.8 Å². The summed E-state index contributed by atoms with van der Waals surface area (Å²) in [6, 6.07) is 18.8. The van der Waals surface area contributed by atoms with Crippen LogP contribution in [0.25, 0.3) is 21.0 Å². The van der Waals surface area contributed by atoms with Crippen LogP contribution in [0.1, 0.15) is 21.9 Å². The number of amides is 1. The van der Waals surface area contributed by atoms with Crippen molar-refractivity contribution >= 4 is 33.3 Å². The van der Waals surface area contributed by atoms with Crippen molar-refractivity contribution in [1.29, 1.82) is 0 Å². The van der Waals surface area contributed by atoms with Crippen LogP contribution >= 0.6 is 11.3 Å². The molecule has 0 fully saturated rings. The summed E-state index contributed by atoms with van der Waals surface area (Å²) in [5.74, 6) is 1.03. The Morgan fingerprint density at radius 3 is 2.83 bits per heavy atom. The number of aryl methyl sites for hydroxylation is 1. The molecule has 0 radical (unpaired) electrons. The van der Waals surface area contributed by atoms with Gasteiger partial charge in [0.25, 0.3) is 5.91 Å². The maximum absolute atomic E-state index is 12.8. The number of fused-ring (bicyclic) bond motifs is 1. The van der Waals surface area contributed by atoms with E-state index in [1.807, 2.05) is 55.5 Å². The third kappa shape index (κ3) is 3.60. The highest BCUT2D eigenvalue weighted by Crippen LogP contribution is 2.31. The molecule has 0 aliphatic heterocycles. The molecule has 5 rings (SSSR count). The molecule has 1 aromatic carbocycles. The quantitative estimate of drug-likeness (QED) is 0.447. The number of nitrogens with one attached hydrogen (secondary N) is 1. The summed E-state index contributed by atoms with van der Waals surface area (Å²) in [6.07, 6.45) is 1.73. The van der Waals surface area contributed by atoms with Crippen LogP contribution in [0, 0.1) is 6.92 Å². The molecule has 0 aliphatic carbocycles. The van der Waals surface area contributed by atoms with E-state index in [4.69, 9.17) is 4.42 Å². The van der Waals surface area contributed by atoms with Crippen LogP contribution in [0.4, 0.5) is 5.82 Å². The second kappa shape index (κ2) is 7.57. The van der Waals surface area contributed by atoms with Crippen LogP contribution in [-0.2, 0) is 6.54 Å². The van der Waals surface area contributed by atoms with E-state index in [9.17, 15) is 4.79 Å². The smallest absolute Gasteiger partial charge is 0.292 e. The van der Waals surface area contributed by atoms with Gasteiger partial charge in [0.2, 0.25) is 0 Å². The lowest BCUT2D eigenvalue weighted by molar-refractivity contribution is 0.0996. The van der Waals surface area contributed by atoms with Crippen LogP contribution < -0.4 is 5.32 Å². The van der Waals surface area contributed by atoms with Crippen molar-refractivity contribution in [3.8, 4) is 10.8 Å². The number of pyridine rings is 1. The van der Waals surface area contributed by atoms with Gasteiger partial charge in [-0.2, -0.15) is 5.10 Å². The highest BCUT2D eigenvalue weighted by Gasteiger charge is 2.17. The minimum absolute atomic E-state index is 0.215. The summed E-state index contributed by atoms with van der Waals surface area (Å²) >= 11 is 1.53. The van der Waals surface area contributed by atoms with Gasteiger partial charge in [-0.3, -0.25) is 9.78 Å². The second-order valence-corrected chi connectivity index (χ2v) is 7.79. The maximum atomic E-state index is 12.8. The van der Waals surface area contributed by atoms with Crippen LogP contribution in [0.3, 0.4) is 0 Å². The number of para-hydroxylation sites is 1. The zero-order chi connectivity index (χ0) is 20.5. The van der Waals surface area contributed by atoms with Gasteiger partial charge < -0.3 is 9.73 Å². The summed E-state index contributed by atoms with van der Waals surface area (Å²) in [5.41, 5.74) is 2.57. The van der Waals surface area contributed by atoms with Crippen LogP contribution in [0.5, 0.6) is 0 Å². The maximum Gasteiger partial charge on any atom is 0.292 e. The first-order chi connectivity index (χ1) is 14.7. The molecule has 7 nitrogen and oxygen atoms in total. The summed E-state index contributed by atoms with van der Waals surface area (Å²) < 4.78 is 8.58. The average molecular weight is 415 g/mol. The fourth-order valence-corrected chi connectivity index (χ4v) is 4.07. The number of nitrogens with zero attached hydrogens (tertiary/aromatic N) is 4. The Balaban J connectivity index is 1.36. The van der Waals surface area contributed by atoms with E-state index < -0.39 is 0 Å². The number of hydrogen-bond donors (Lipinski definition) is 1. The van der Waals surface area contributed by atoms with Crippen molar-refractivity contribution in [2.45, 2.75) is 13.5 Å². The lowest BCUT2D eigenvalue weighted by atomic mass is 10.3. The zero-order valence-corrected chi connectivity index (χ0v) is 16.9. The van der Waals surface area contributed by atoms with E-state index in [-0.39, 0.29) is 11.7 Å². The van der Waals surface area contributed by atoms with Gasteiger partial charge in [-0.05, 0) is 43.3 Å². The number of aromatic nitrogens is 4. The molecule has 0 saturated carbocycles. The van der Waals surface area contributed by atoms with Crippen molar-refractivity contribution in [1.82, 2.24) is 19.7 Å². The molecule has 4 heterocycles. The first-order valence-electron chi connectivity index (χ1n) is 9.37. The van der Waals surface area contributed by atoms with Gasteiger partial charge in [0.1, 0.15) is 5.82 Å². The monoisotopic (exact) mass is 415 g/mol. The number of hydrogen-bond acceptors (Lipinski definition) is 6. The van der Waals surface area contributed by atoms with E-state index >= 15 is 0 Å². The molecule has 0 saturated heterocycles. The lowest BCUT2D eigenvalue weighted by Gasteiger charge is -2.07. The number of anilines is 1. The van der Waals surface area contributed by atoms with Crippen molar-refractivity contribution in [2.24, 2.45) is 0 Å². The van der Waals surface area contributed by atoms with Gasteiger partial charge in [0.15, 0.2) is 16.5 Å². The van der Waals surface area contributed by atoms with Crippen LogP contribution in [0.2, 0.25) is 0 Å². The Hall–Kier alpha value is -3.78. The largest absolute Gasteiger partial charge is 0.448 e. The SMILES string of the molecule is Cc1cc(NC(=O)c2ccc(-c3nc4ccccc4s3)o2)n(Cc2ccccn2)n1. The summed E-state index contributed by atoms with van der Waals surface area (Å²) in [7, 11) is 0. The molecule has 5 aromatic rings. The number of carbonyl (C=O) groups excluding carboxylic acids is 1. The van der Waals surface area contributed by atoms with E-state index in [1.165, 1.54) is 11.3 Å². The van der Waals surface area contributed by atoms with Crippen LogP contribution in [0.15, 0.2) is 71.3 Å². The van der Waals surface area contributed by atoms with E-state index in [0.29, 0.717) is 18.1 Å². The molecular weight excluding hydrogens is 398 g/mol. The summed E-state index contributed by atoms with van der Waals surface area (Å²) in [5, 5.41) is 8.08. The molecule has 148 valence electrons. The van der Waals surface area contributed by atoms with Gasteiger partial charge in [0, 0.05) is 12.3 Å². The highest BCUT2D eigenvalue weighted by atomic mass is 32.1. The number of rotatable bonds is 5. The number of carbonyl (C=O) groups is 1. The fourth-order valence-electron chi connectivity index (χ4n) is 3.14. The summed E-state index contributed by atoms with van der Waals surface area (Å²) in [4.78, 5) is 21.7. The van der Waals surface area contributed by atoms with E-state index in [0.717, 1.165) is 26.6 Å². The first-order valence-corrected chi connectivity index (χ1v) is 10.2. The van der Waals surface area contributed by atoms with Gasteiger partial charge in [0.05, 0.1) is 28.1 Å². The molecule has 1 N–H and O–H groups in total. The minimum Gasteiger partial charge on any atom is -0.448 e. The molecule has 0 spiro atoms. The standard InChI is InChI=1S/C22H17N5O2S/c1-14-12-20(27(26-14)13-15-6-4-5-11-23-15)25-21(28)17-9-10-18(29-17)22-24-16-7-2-3-8-19(16)30-22/h2-12H,13H2,1H3,(H,25,28). The molecule has 4 aromatic heterocycles. The number of thiazole rings is 1. The van der Waals surface area contributed by atoms with Gasteiger partial charge in [-0.25, -0.2) is 9.67 Å². The fraction of sp³-hybridized carbons (Fsp3) is 0.0909. The number of benzene rings is 1. The number of furan rings is 1. The molecule has 1 amide bonds. The van der Waals surface area contributed by atoms with Crippen molar-refractivity contribution in [3.63, 3.8) is 0 Å².